The number of benzene rings is 1. The molecule has 158 valence electrons. The summed E-state index contributed by atoms with van der Waals surface area (Å²) in [5.74, 6) is -0.580. The second kappa shape index (κ2) is 10.00. The molecule has 0 atom stereocenters. The standard InChI is InChI=1S/C23H25FN2O2S2/c1-16(2)26(23(28)21-5-4-12-29-21)15-22(27)25(14-20-11-6-17(3)30-20)13-18-7-9-19(24)10-8-18/h4-12,16H,13-15H2,1-3H3. The molecule has 7 heteroatoms. The van der Waals surface area contributed by atoms with E-state index in [0.29, 0.717) is 18.0 Å². The van der Waals surface area contributed by atoms with Gasteiger partial charge >= 0.3 is 0 Å². The summed E-state index contributed by atoms with van der Waals surface area (Å²) in [6.45, 7) is 6.65. The van der Waals surface area contributed by atoms with Crippen molar-refractivity contribution >= 4 is 34.5 Å². The summed E-state index contributed by atoms with van der Waals surface area (Å²) in [6, 6.07) is 13.7. The number of amides is 2. The Bertz CT molecular complexity index is 981. The highest BCUT2D eigenvalue weighted by Crippen LogP contribution is 2.20. The van der Waals surface area contributed by atoms with E-state index in [1.165, 1.54) is 28.3 Å². The van der Waals surface area contributed by atoms with Gasteiger partial charge in [-0.15, -0.1) is 22.7 Å². The van der Waals surface area contributed by atoms with Crippen molar-refractivity contribution in [3.05, 3.63) is 79.9 Å². The topological polar surface area (TPSA) is 40.6 Å². The van der Waals surface area contributed by atoms with Crippen molar-refractivity contribution < 1.29 is 14.0 Å². The maximum Gasteiger partial charge on any atom is 0.264 e. The van der Waals surface area contributed by atoms with Crippen molar-refractivity contribution in [2.45, 2.75) is 39.9 Å². The van der Waals surface area contributed by atoms with E-state index < -0.39 is 0 Å². The van der Waals surface area contributed by atoms with Crippen molar-refractivity contribution in [3.8, 4) is 0 Å². The first kappa shape index (κ1) is 22.2. The number of carbonyl (C=O) groups excluding carboxylic acids is 2. The summed E-state index contributed by atoms with van der Waals surface area (Å²) in [5.41, 5.74) is 0.846. The highest BCUT2D eigenvalue weighted by Gasteiger charge is 2.25. The zero-order chi connectivity index (χ0) is 21.7. The van der Waals surface area contributed by atoms with Gasteiger partial charge in [-0.3, -0.25) is 9.59 Å². The number of nitrogens with zero attached hydrogens (tertiary/aromatic N) is 2. The van der Waals surface area contributed by atoms with Crippen molar-refractivity contribution in [3.63, 3.8) is 0 Å². The molecule has 30 heavy (non-hydrogen) atoms. The van der Waals surface area contributed by atoms with Crippen LogP contribution in [0.3, 0.4) is 0 Å². The van der Waals surface area contributed by atoms with Crippen LogP contribution >= 0.6 is 22.7 Å². The quantitative estimate of drug-likeness (QED) is 0.471. The Labute approximate surface area is 184 Å². The number of hydrogen-bond acceptors (Lipinski definition) is 4. The van der Waals surface area contributed by atoms with Gasteiger partial charge in [0.15, 0.2) is 0 Å². The maximum atomic E-state index is 13.3. The molecule has 3 rings (SSSR count). The van der Waals surface area contributed by atoms with Gasteiger partial charge in [0.25, 0.3) is 5.91 Å². The Morgan fingerprint density at radius 3 is 2.33 bits per heavy atom. The summed E-state index contributed by atoms with van der Waals surface area (Å²) < 4.78 is 13.3. The number of hydrogen-bond donors (Lipinski definition) is 0. The second-order valence-electron chi connectivity index (χ2n) is 7.39. The first-order valence-electron chi connectivity index (χ1n) is 9.75. The molecule has 4 nitrogen and oxygen atoms in total. The second-order valence-corrected chi connectivity index (χ2v) is 9.71. The molecule has 0 saturated heterocycles. The third-order valence-corrected chi connectivity index (χ3v) is 6.55. The number of thiophene rings is 2. The Hall–Kier alpha value is -2.51. The molecular weight excluding hydrogens is 419 g/mol. The number of halogens is 1. The fraction of sp³-hybridized carbons (Fsp3) is 0.304. The van der Waals surface area contributed by atoms with Crippen LogP contribution in [-0.4, -0.2) is 34.2 Å². The fourth-order valence-corrected chi connectivity index (χ4v) is 4.66. The van der Waals surface area contributed by atoms with Crippen molar-refractivity contribution in [1.82, 2.24) is 9.80 Å². The third-order valence-electron chi connectivity index (χ3n) is 4.70. The zero-order valence-electron chi connectivity index (χ0n) is 17.3. The number of carbonyl (C=O) groups is 2. The minimum atomic E-state index is -0.307. The first-order valence-corrected chi connectivity index (χ1v) is 11.4. The smallest absolute Gasteiger partial charge is 0.264 e. The van der Waals surface area contributed by atoms with Crippen LogP contribution < -0.4 is 0 Å². The summed E-state index contributed by atoms with van der Waals surface area (Å²) in [5, 5.41) is 1.85. The van der Waals surface area contributed by atoms with Crippen LogP contribution in [0.25, 0.3) is 0 Å². The van der Waals surface area contributed by atoms with Crippen LogP contribution in [0.1, 0.15) is 38.8 Å². The average molecular weight is 445 g/mol. The van der Waals surface area contributed by atoms with Crippen LogP contribution in [0, 0.1) is 12.7 Å². The predicted molar refractivity (Wildman–Crippen MR) is 120 cm³/mol. The molecule has 0 bridgehead atoms. The van der Waals surface area contributed by atoms with E-state index in [1.54, 1.807) is 39.3 Å². The molecule has 0 aliphatic rings. The summed E-state index contributed by atoms with van der Waals surface area (Å²) >= 11 is 3.01. The molecule has 3 aromatic rings. The Balaban J connectivity index is 1.80. The van der Waals surface area contributed by atoms with E-state index in [9.17, 15) is 14.0 Å². The lowest BCUT2D eigenvalue weighted by Crippen LogP contribution is -2.45. The third kappa shape index (κ3) is 5.77. The van der Waals surface area contributed by atoms with Crippen LogP contribution in [-0.2, 0) is 17.9 Å². The molecule has 2 amide bonds. The minimum Gasteiger partial charge on any atom is -0.332 e. The normalized spacial score (nSPS) is 11.0. The number of rotatable bonds is 8. The molecule has 0 aliphatic carbocycles. The Kier molecular flexibility index (Phi) is 7.39. The molecule has 0 N–H and O–H groups in total. The van der Waals surface area contributed by atoms with Gasteiger partial charge in [-0.1, -0.05) is 18.2 Å². The lowest BCUT2D eigenvalue weighted by molar-refractivity contribution is -0.133. The molecule has 0 unspecified atom stereocenters. The molecule has 0 radical (unpaired) electrons. The van der Waals surface area contributed by atoms with Gasteiger partial charge in [-0.25, -0.2) is 4.39 Å². The lowest BCUT2D eigenvalue weighted by Gasteiger charge is -2.30. The van der Waals surface area contributed by atoms with Crippen molar-refractivity contribution in [2.75, 3.05) is 6.54 Å². The van der Waals surface area contributed by atoms with Gasteiger partial charge in [-0.2, -0.15) is 0 Å². The summed E-state index contributed by atoms with van der Waals surface area (Å²) in [6.07, 6.45) is 0. The molecule has 2 aromatic heterocycles. The molecule has 0 saturated carbocycles. The van der Waals surface area contributed by atoms with E-state index in [4.69, 9.17) is 0 Å². The largest absolute Gasteiger partial charge is 0.332 e. The zero-order valence-corrected chi connectivity index (χ0v) is 18.9. The lowest BCUT2D eigenvalue weighted by atomic mass is 10.2. The molecule has 0 spiro atoms. The van der Waals surface area contributed by atoms with Gasteiger partial charge in [0.1, 0.15) is 12.4 Å². The molecular formula is C23H25FN2O2S2. The van der Waals surface area contributed by atoms with Crippen LogP contribution in [0.2, 0.25) is 0 Å². The maximum absolute atomic E-state index is 13.3. The summed E-state index contributed by atoms with van der Waals surface area (Å²) in [7, 11) is 0. The van der Waals surface area contributed by atoms with E-state index in [0.717, 1.165) is 10.4 Å². The molecule has 0 fully saturated rings. The van der Waals surface area contributed by atoms with Gasteiger partial charge in [0, 0.05) is 22.3 Å². The van der Waals surface area contributed by atoms with E-state index in [1.807, 2.05) is 44.4 Å². The predicted octanol–water partition coefficient (Wildman–Crippen LogP) is 5.34. The van der Waals surface area contributed by atoms with Crippen molar-refractivity contribution in [2.24, 2.45) is 0 Å². The van der Waals surface area contributed by atoms with Gasteiger partial charge in [0.2, 0.25) is 5.91 Å². The monoisotopic (exact) mass is 444 g/mol. The minimum absolute atomic E-state index is 0.0000476. The average Bonchev–Trinajstić information content (AvgIpc) is 3.38. The van der Waals surface area contributed by atoms with Crippen LogP contribution in [0.15, 0.2) is 53.9 Å². The highest BCUT2D eigenvalue weighted by atomic mass is 32.1. The Morgan fingerprint density at radius 2 is 1.77 bits per heavy atom. The molecule has 2 heterocycles. The highest BCUT2D eigenvalue weighted by molar-refractivity contribution is 7.12. The van der Waals surface area contributed by atoms with Crippen molar-refractivity contribution in [1.29, 1.82) is 0 Å². The first-order chi connectivity index (χ1) is 14.3. The van der Waals surface area contributed by atoms with Gasteiger partial charge in [0.05, 0.1) is 11.4 Å². The summed E-state index contributed by atoms with van der Waals surface area (Å²) in [4.78, 5) is 32.4. The fourth-order valence-electron chi connectivity index (χ4n) is 3.08. The molecule has 0 aliphatic heterocycles. The van der Waals surface area contributed by atoms with Gasteiger partial charge in [-0.05, 0) is 62.0 Å². The van der Waals surface area contributed by atoms with E-state index in [-0.39, 0.29) is 30.2 Å². The number of aryl methyl sites for hydroxylation is 1. The van der Waals surface area contributed by atoms with Crippen LogP contribution in [0.5, 0.6) is 0 Å². The van der Waals surface area contributed by atoms with E-state index in [2.05, 4.69) is 0 Å². The molecule has 1 aromatic carbocycles. The van der Waals surface area contributed by atoms with E-state index >= 15 is 0 Å². The van der Waals surface area contributed by atoms with Crippen LogP contribution in [0.4, 0.5) is 4.39 Å². The SMILES string of the molecule is Cc1ccc(CN(Cc2ccc(F)cc2)C(=O)CN(C(=O)c2cccs2)C(C)C)s1. The Morgan fingerprint density at radius 1 is 1.03 bits per heavy atom. The van der Waals surface area contributed by atoms with Gasteiger partial charge < -0.3 is 9.80 Å².